The van der Waals surface area contributed by atoms with Crippen molar-refractivity contribution < 1.29 is 18.1 Å². The van der Waals surface area contributed by atoms with Gasteiger partial charge < -0.3 is 19.2 Å². The maximum atomic E-state index is 13.2. The summed E-state index contributed by atoms with van der Waals surface area (Å²) in [7, 11) is 4.00. The summed E-state index contributed by atoms with van der Waals surface area (Å²) in [4.78, 5) is 23.1. The number of nitrogens with zero attached hydrogens (tertiary/aromatic N) is 4. The molecule has 0 aliphatic carbocycles. The molecule has 0 fully saturated rings. The SMILES string of the molecule is Cc1nc(CCCC(=O)NCC(CCN(C)C)c2coc(-c3ccc(F)cc3)n2)no1. The lowest BCUT2D eigenvalue weighted by molar-refractivity contribution is -0.121. The molecule has 2 aromatic heterocycles. The van der Waals surface area contributed by atoms with Crippen LogP contribution in [0.2, 0.25) is 0 Å². The highest BCUT2D eigenvalue weighted by molar-refractivity contribution is 5.75. The Balaban J connectivity index is 1.56. The molecule has 0 radical (unpaired) electrons. The average molecular weight is 429 g/mol. The molecule has 0 saturated heterocycles. The van der Waals surface area contributed by atoms with E-state index in [1.807, 2.05) is 14.1 Å². The number of benzene rings is 1. The van der Waals surface area contributed by atoms with E-state index in [2.05, 4.69) is 25.3 Å². The van der Waals surface area contributed by atoms with E-state index in [9.17, 15) is 9.18 Å². The Morgan fingerprint density at radius 3 is 2.68 bits per heavy atom. The largest absolute Gasteiger partial charge is 0.444 e. The molecule has 31 heavy (non-hydrogen) atoms. The third-order valence-corrected chi connectivity index (χ3v) is 4.88. The Hall–Kier alpha value is -3.07. The highest BCUT2D eigenvalue weighted by Crippen LogP contribution is 2.24. The summed E-state index contributed by atoms with van der Waals surface area (Å²) in [6.07, 6.45) is 4.05. The number of amides is 1. The molecule has 1 aromatic carbocycles. The molecule has 0 bridgehead atoms. The molecular weight excluding hydrogens is 401 g/mol. The molecule has 3 rings (SSSR count). The topological polar surface area (TPSA) is 97.3 Å². The maximum Gasteiger partial charge on any atom is 0.226 e. The van der Waals surface area contributed by atoms with Crippen LogP contribution in [0.15, 0.2) is 39.5 Å². The van der Waals surface area contributed by atoms with Crippen LogP contribution >= 0.6 is 0 Å². The van der Waals surface area contributed by atoms with Gasteiger partial charge in [-0.2, -0.15) is 4.98 Å². The first-order chi connectivity index (χ1) is 14.9. The summed E-state index contributed by atoms with van der Waals surface area (Å²) in [5.41, 5.74) is 1.48. The molecule has 0 spiro atoms. The first-order valence-corrected chi connectivity index (χ1v) is 10.3. The third kappa shape index (κ3) is 6.99. The Labute approximate surface area is 180 Å². The van der Waals surface area contributed by atoms with E-state index >= 15 is 0 Å². The summed E-state index contributed by atoms with van der Waals surface area (Å²) in [6, 6.07) is 6.01. The monoisotopic (exact) mass is 429 g/mol. The van der Waals surface area contributed by atoms with Crippen molar-refractivity contribution in [3.63, 3.8) is 0 Å². The molecule has 9 heteroatoms. The number of carbonyl (C=O) groups is 1. The smallest absolute Gasteiger partial charge is 0.226 e. The molecule has 0 aliphatic heterocycles. The molecule has 0 aliphatic rings. The van der Waals surface area contributed by atoms with Crippen molar-refractivity contribution in [3.05, 3.63) is 53.8 Å². The second kappa shape index (κ2) is 10.8. The number of aryl methyl sites for hydroxylation is 2. The predicted octanol–water partition coefficient (Wildman–Crippen LogP) is 3.35. The summed E-state index contributed by atoms with van der Waals surface area (Å²) in [5, 5.41) is 6.84. The van der Waals surface area contributed by atoms with Crippen LogP contribution in [-0.4, -0.2) is 53.1 Å². The summed E-state index contributed by atoms with van der Waals surface area (Å²) in [6.45, 7) is 3.04. The Morgan fingerprint density at radius 2 is 2.00 bits per heavy atom. The Bertz CT molecular complexity index is 968. The van der Waals surface area contributed by atoms with E-state index in [4.69, 9.17) is 8.94 Å². The van der Waals surface area contributed by atoms with Crippen LogP contribution in [0.3, 0.4) is 0 Å². The molecular formula is C22H28FN5O3. The van der Waals surface area contributed by atoms with Crippen LogP contribution in [0.25, 0.3) is 11.5 Å². The van der Waals surface area contributed by atoms with Gasteiger partial charge in [0.2, 0.25) is 17.7 Å². The molecule has 3 aromatic rings. The lowest BCUT2D eigenvalue weighted by atomic mass is 10.0. The van der Waals surface area contributed by atoms with Gasteiger partial charge in [0.25, 0.3) is 0 Å². The van der Waals surface area contributed by atoms with E-state index in [0.29, 0.717) is 49.0 Å². The highest BCUT2D eigenvalue weighted by atomic mass is 19.1. The molecule has 1 N–H and O–H groups in total. The molecule has 1 amide bonds. The number of oxazole rings is 1. The number of halogens is 1. The zero-order valence-corrected chi connectivity index (χ0v) is 18.1. The van der Waals surface area contributed by atoms with Crippen LogP contribution < -0.4 is 5.32 Å². The van der Waals surface area contributed by atoms with Crippen molar-refractivity contribution in [3.8, 4) is 11.5 Å². The molecule has 8 nitrogen and oxygen atoms in total. The van der Waals surface area contributed by atoms with Crippen molar-refractivity contribution in [2.24, 2.45) is 0 Å². The van der Waals surface area contributed by atoms with Gasteiger partial charge in [-0.05, 0) is 57.7 Å². The van der Waals surface area contributed by atoms with Gasteiger partial charge in [0.1, 0.15) is 12.1 Å². The molecule has 166 valence electrons. The number of carbonyl (C=O) groups excluding carboxylic acids is 1. The summed E-state index contributed by atoms with van der Waals surface area (Å²) >= 11 is 0. The number of hydrogen-bond donors (Lipinski definition) is 1. The van der Waals surface area contributed by atoms with Crippen LogP contribution in [-0.2, 0) is 11.2 Å². The van der Waals surface area contributed by atoms with Gasteiger partial charge in [-0.3, -0.25) is 4.79 Å². The van der Waals surface area contributed by atoms with Gasteiger partial charge in [0, 0.05) is 37.8 Å². The van der Waals surface area contributed by atoms with Crippen molar-refractivity contribution in [2.45, 2.75) is 38.5 Å². The zero-order chi connectivity index (χ0) is 22.2. The fourth-order valence-electron chi connectivity index (χ4n) is 3.14. The fourth-order valence-corrected chi connectivity index (χ4v) is 3.14. The van der Waals surface area contributed by atoms with E-state index in [0.717, 1.165) is 18.7 Å². The van der Waals surface area contributed by atoms with Crippen LogP contribution in [0, 0.1) is 12.7 Å². The van der Waals surface area contributed by atoms with E-state index < -0.39 is 0 Å². The molecule has 1 atom stereocenters. The normalized spacial score (nSPS) is 12.3. The second-order valence-corrected chi connectivity index (χ2v) is 7.76. The first-order valence-electron chi connectivity index (χ1n) is 10.3. The minimum Gasteiger partial charge on any atom is -0.444 e. The van der Waals surface area contributed by atoms with Gasteiger partial charge in [-0.1, -0.05) is 5.16 Å². The standard InChI is InChI=1S/C22H28FN5O3/c1-15-25-20(27-31-15)5-4-6-21(29)24-13-17(11-12-28(2)3)19-14-30-22(26-19)16-7-9-18(23)10-8-16/h7-10,14,17H,4-6,11-13H2,1-3H3,(H,24,29). The van der Waals surface area contributed by atoms with Crippen molar-refractivity contribution in [1.82, 2.24) is 25.3 Å². The van der Waals surface area contributed by atoms with Crippen molar-refractivity contribution in [2.75, 3.05) is 27.2 Å². The quantitative estimate of drug-likeness (QED) is 0.499. The lowest BCUT2D eigenvalue weighted by Crippen LogP contribution is -2.30. The molecule has 2 heterocycles. The van der Waals surface area contributed by atoms with Gasteiger partial charge in [0.05, 0.1) is 5.69 Å². The van der Waals surface area contributed by atoms with Crippen LogP contribution in [0.1, 0.15) is 42.6 Å². The average Bonchev–Trinajstić information content (AvgIpc) is 3.38. The maximum absolute atomic E-state index is 13.2. The fraction of sp³-hybridized carbons (Fsp3) is 0.455. The zero-order valence-electron chi connectivity index (χ0n) is 18.1. The number of aromatic nitrogens is 3. The second-order valence-electron chi connectivity index (χ2n) is 7.76. The lowest BCUT2D eigenvalue weighted by Gasteiger charge is -2.18. The Morgan fingerprint density at radius 1 is 1.23 bits per heavy atom. The number of rotatable bonds is 11. The predicted molar refractivity (Wildman–Crippen MR) is 113 cm³/mol. The van der Waals surface area contributed by atoms with E-state index in [1.165, 1.54) is 12.1 Å². The number of nitrogens with one attached hydrogen (secondary N) is 1. The van der Waals surface area contributed by atoms with Crippen LogP contribution in [0.5, 0.6) is 0 Å². The summed E-state index contributed by atoms with van der Waals surface area (Å²) < 4.78 is 23.7. The highest BCUT2D eigenvalue weighted by Gasteiger charge is 2.19. The molecule has 0 saturated carbocycles. The Kier molecular flexibility index (Phi) is 7.88. The van der Waals surface area contributed by atoms with Crippen LogP contribution in [0.4, 0.5) is 4.39 Å². The minimum atomic E-state index is -0.309. The number of hydrogen-bond acceptors (Lipinski definition) is 7. The van der Waals surface area contributed by atoms with E-state index in [-0.39, 0.29) is 17.6 Å². The van der Waals surface area contributed by atoms with Gasteiger partial charge in [-0.25, -0.2) is 9.37 Å². The molecule has 1 unspecified atom stereocenters. The van der Waals surface area contributed by atoms with Gasteiger partial charge >= 0.3 is 0 Å². The third-order valence-electron chi connectivity index (χ3n) is 4.88. The summed E-state index contributed by atoms with van der Waals surface area (Å²) in [5.74, 6) is 1.24. The van der Waals surface area contributed by atoms with Gasteiger partial charge in [0.15, 0.2) is 5.82 Å². The van der Waals surface area contributed by atoms with Crippen molar-refractivity contribution >= 4 is 5.91 Å². The minimum absolute atomic E-state index is 0.00385. The van der Waals surface area contributed by atoms with Crippen molar-refractivity contribution in [1.29, 1.82) is 0 Å². The first kappa shape index (κ1) is 22.6. The van der Waals surface area contributed by atoms with Gasteiger partial charge in [-0.15, -0.1) is 0 Å². The van der Waals surface area contributed by atoms with E-state index in [1.54, 1.807) is 25.3 Å².